The Balaban J connectivity index is 1.32. The van der Waals surface area contributed by atoms with Crippen molar-refractivity contribution in [1.29, 1.82) is 0 Å². The molecule has 1 aliphatic carbocycles. The van der Waals surface area contributed by atoms with Crippen LogP contribution < -0.4 is 15.8 Å². The summed E-state index contributed by atoms with van der Waals surface area (Å²) < 4.78 is 1.30. The Hall–Kier alpha value is -2.80. The summed E-state index contributed by atoms with van der Waals surface area (Å²) in [7, 11) is 0. The van der Waals surface area contributed by atoms with E-state index in [-0.39, 0.29) is 16.6 Å². The first-order valence-corrected chi connectivity index (χ1v) is 11.3. The predicted molar refractivity (Wildman–Crippen MR) is 123 cm³/mol. The van der Waals surface area contributed by atoms with Gasteiger partial charge in [-0.2, -0.15) is 9.78 Å². The minimum absolute atomic E-state index is 0.0280. The van der Waals surface area contributed by atoms with Crippen molar-refractivity contribution in [3.05, 3.63) is 63.6 Å². The molecule has 1 N–H and O–H groups in total. The monoisotopic (exact) mass is 441 g/mol. The number of aromatic nitrogens is 2. The van der Waals surface area contributed by atoms with Gasteiger partial charge >= 0.3 is 6.03 Å². The number of hydrogen-bond donors (Lipinski definition) is 1. The first kappa shape index (κ1) is 21.4. The summed E-state index contributed by atoms with van der Waals surface area (Å²) in [5, 5.41) is 7.49. The maximum Gasteiger partial charge on any atom is 0.317 e. The lowest BCUT2D eigenvalue weighted by Gasteiger charge is -2.36. The smallest absolute Gasteiger partial charge is 0.317 e. The van der Waals surface area contributed by atoms with E-state index in [2.05, 4.69) is 16.5 Å². The molecule has 0 spiro atoms. The largest absolute Gasteiger partial charge is 0.365 e. The molecule has 1 aliphatic heterocycles. The molecule has 2 aromatic rings. The van der Waals surface area contributed by atoms with Crippen molar-refractivity contribution >= 4 is 23.3 Å². The van der Waals surface area contributed by atoms with Crippen LogP contribution in [0.5, 0.6) is 0 Å². The zero-order valence-electron chi connectivity index (χ0n) is 17.6. The molecule has 1 fully saturated rings. The summed E-state index contributed by atoms with van der Waals surface area (Å²) in [6, 6.07) is 9.18. The SMILES string of the molecule is O=C(NCCC1=CCCCC1)N1CCN(c2cnn(-c3ccccc3)c(=O)c2Cl)CC1. The number of piperazine rings is 1. The number of anilines is 1. The number of benzene rings is 1. The molecule has 0 atom stereocenters. The third-order valence-electron chi connectivity index (χ3n) is 5.92. The molecule has 0 unspecified atom stereocenters. The van der Waals surface area contributed by atoms with Crippen LogP contribution in [-0.2, 0) is 0 Å². The maximum atomic E-state index is 12.7. The molecule has 31 heavy (non-hydrogen) atoms. The Morgan fingerprint density at radius 3 is 2.58 bits per heavy atom. The normalized spacial score (nSPS) is 16.7. The van der Waals surface area contributed by atoms with Crippen LogP contribution in [0.15, 0.2) is 53.0 Å². The number of nitrogens with one attached hydrogen (secondary N) is 1. The molecular formula is C23H28ClN5O2. The molecule has 4 rings (SSSR count). The van der Waals surface area contributed by atoms with E-state index >= 15 is 0 Å². The van der Waals surface area contributed by atoms with Crippen molar-refractivity contribution < 1.29 is 4.79 Å². The second-order valence-corrected chi connectivity index (χ2v) is 8.34. The summed E-state index contributed by atoms with van der Waals surface area (Å²) in [4.78, 5) is 29.0. The average molecular weight is 442 g/mol. The lowest BCUT2D eigenvalue weighted by atomic mass is 9.97. The van der Waals surface area contributed by atoms with Crippen LogP contribution in [0.25, 0.3) is 5.69 Å². The van der Waals surface area contributed by atoms with Crippen LogP contribution in [-0.4, -0.2) is 53.4 Å². The first-order valence-electron chi connectivity index (χ1n) is 10.9. The molecule has 1 saturated heterocycles. The number of hydrogen-bond acceptors (Lipinski definition) is 4. The second kappa shape index (κ2) is 10.0. The van der Waals surface area contributed by atoms with Gasteiger partial charge in [-0.3, -0.25) is 4.79 Å². The van der Waals surface area contributed by atoms with Gasteiger partial charge in [0.15, 0.2) is 0 Å². The number of carbonyl (C=O) groups excluding carboxylic acids is 1. The van der Waals surface area contributed by atoms with E-state index in [1.807, 2.05) is 40.1 Å². The number of halogens is 1. The van der Waals surface area contributed by atoms with E-state index in [0.29, 0.717) is 44.1 Å². The molecule has 1 aromatic heterocycles. The van der Waals surface area contributed by atoms with Crippen LogP contribution in [0.4, 0.5) is 10.5 Å². The topological polar surface area (TPSA) is 70.5 Å². The van der Waals surface area contributed by atoms with E-state index in [4.69, 9.17) is 11.6 Å². The van der Waals surface area contributed by atoms with E-state index in [1.165, 1.54) is 29.5 Å². The third-order valence-corrected chi connectivity index (χ3v) is 6.27. The molecule has 164 valence electrons. The summed E-state index contributed by atoms with van der Waals surface area (Å²) in [6.07, 6.45) is 9.74. The molecule has 7 nitrogen and oxygen atoms in total. The van der Waals surface area contributed by atoms with E-state index in [9.17, 15) is 9.59 Å². The van der Waals surface area contributed by atoms with E-state index < -0.39 is 0 Å². The summed E-state index contributed by atoms with van der Waals surface area (Å²) in [6.45, 7) is 3.04. The van der Waals surface area contributed by atoms with Crippen molar-refractivity contribution in [1.82, 2.24) is 20.0 Å². The van der Waals surface area contributed by atoms with Crippen molar-refractivity contribution in [2.45, 2.75) is 32.1 Å². The fraction of sp³-hybridized carbons (Fsp3) is 0.435. The maximum absolute atomic E-state index is 12.7. The van der Waals surface area contributed by atoms with Gasteiger partial charge in [-0.25, -0.2) is 4.79 Å². The number of rotatable bonds is 5. The Bertz CT molecular complexity index is 997. The van der Waals surface area contributed by atoms with Gasteiger partial charge in [0.25, 0.3) is 5.56 Å². The molecule has 8 heteroatoms. The van der Waals surface area contributed by atoms with Crippen LogP contribution in [0, 0.1) is 0 Å². The van der Waals surface area contributed by atoms with Gasteiger partial charge in [0.1, 0.15) is 5.02 Å². The average Bonchev–Trinajstić information content (AvgIpc) is 2.82. The summed E-state index contributed by atoms with van der Waals surface area (Å²) in [5.41, 5.74) is 2.40. The Labute approximate surface area is 187 Å². The molecule has 0 bridgehead atoms. The van der Waals surface area contributed by atoms with Crippen molar-refractivity contribution in [3.8, 4) is 5.69 Å². The molecular weight excluding hydrogens is 414 g/mol. The van der Waals surface area contributed by atoms with Gasteiger partial charge in [-0.05, 0) is 44.2 Å². The van der Waals surface area contributed by atoms with Gasteiger partial charge < -0.3 is 15.1 Å². The highest BCUT2D eigenvalue weighted by Gasteiger charge is 2.24. The Morgan fingerprint density at radius 2 is 1.87 bits per heavy atom. The van der Waals surface area contributed by atoms with Gasteiger partial charge in [0.2, 0.25) is 0 Å². The summed E-state index contributed by atoms with van der Waals surface area (Å²) in [5.74, 6) is 0. The minimum atomic E-state index is -0.345. The van der Waals surface area contributed by atoms with Crippen LogP contribution in [0.3, 0.4) is 0 Å². The Morgan fingerprint density at radius 1 is 1.10 bits per heavy atom. The first-order chi connectivity index (χ1) is 15.1. The molecule has 2 heterocycles. The van der Waals surface area contributed by atoms with Crippen molar-refractivity contribution in [3.63, 3.8) is 0 Å². The number of carbonyl (C=O) groups is 1. The Kier molecular flexibility index (Phi) is 6.92. The lowest BCUT2D eigenvalue weighted by molar-refractivity contribution is 0.194. The lowest BCUT2D eigenvalue weighted by Crippen LogP contribution is -2.52. The number of nitrogens with zero attached hydrogens (tertiary/aromatic N) is 4. The molecule has 1 aromatic carbocycles. The van der Waals surface area contributed by atoms with Gasteiger partial charge in [-0.15, -0.1) is 0 Å². The van der Waals surface area contributed by atoms with Crippen LogP contribution in [0.2, 0.25) is 5.02 Å². The standard InChI is InChI=1S/C23H28ClN5O2/c24-21-20(17-26-29(22(21)30)19-9-5-2-6-10-19)27-13-15-28(16-14-27)23(31)25-12-11-18-7-3-1-4-8-18/h2,5-7,9-10,17H,1,3-4,8,11-16H2,(H,25,31). The molecule has 0 radical (unpaired) electrons. The van der Waals surface area contributed by atoms with Gasteiger partial charge in [0.05, 0.1) is 17.6 Å². The fourth-order valence-corrected chi connectivity index (χ4v) is 4.37. The summed E-state index contributed by atoms with van der Waals surface area (Å²) >= 11 is 6.41. The highest BCUT2D eigenvalue weighted by Crippen LogP contribution is 2.23. The molecule has 2 aliphatic rings. The molecule has 2 amide bonds. The zero-order chi connectivity index (χ0) is 21.6. The minimum Gasteiger partial charge on any atom is -0.365 e. The van der Waals surface area contributed by atoms with E-state index in [1.54, 1.807) is 6.20 Å². The number of urea groups is 1. The van der Waals surface area contributed by atoms with Crippen LogP contribution >= 0.6 is 11.6 Å². The zero-order valence-corrected chi connectivity index (χ0v) is 18.4. The highest BCUT2D eigenvalue weighted by molar-refractivity contribution is 6.33. The second-order valence-electron chi connectivity index (χ2n) is 7.96. The van der Waals surface area contributed by atoms with Crippen molar-refractivity contribution in [2.24, 2.45) is 0 Å². The highest BCUT2D eigenvalue weighted by atomic mass is 35.5. The predicted octanol–water partition coefficient (Wildman–Crippen LogP) is 3.61. The van der Waals surface area contributed by atoms with E-state index in [0.717, 1.165) is 12.8 Å². The molecule has 0 saturated carbocycles. The third kappa shape index (κ3) is 5.10. The van der Waals surface area contributed by atoms with Gasteiger partial charge in [-0.1, -0.05) is 41.4 Å². The number of amides is 2. The van der Waals surface area contributed by atoms with Gasteiger partial charge in [0, 0.05) is 32.7 Å². The number of allylic oxidation sites excluding steroid dienone is 1. The fourth-order valence-electron chi connectivity index (χ4n) is 4.12. The quantitative estimate of drug-likeness (QED) is 0.719. The number of para-hydroxylation sites is 1. The van der Waals surface area contributed by atoms with Crippen molar-refractivity contribution in [2.75, 3.05) is 37.6 Å². The van der Waals surface area contributed by atoms with Crippen LogP contribution in [0.1, 0.15) is 32.1 Å².